The van der Waals surface area contributed by atoms with Crippen LogP contribution in [0.3, 0.4) is 0 Å². The van der Waals surface area contributed by atoms with E-state index in [0.29, 0.717) is 23.2 Å². The van der Waals surface area contributed by atoms with Crippen LogP contribution >= 0.6 is 11.6 Å². The van der Waals surface area contributed by atoms with Crippen molar-refractivity contribution >= 4 is 17.5 Å². The zero-order chi connectivity index (χ0) is 15.4. The first kappa shape index (κ1) is 15.1. The van der Waals surface area contributed by atoms with Gasteiger partial charge in [0.05, 0.1) is 14.2 Å². The highest BCUT2D eigenvalue weighted by Crippen LogP contribution is 2.39. The van der Waals surface area contributed by atoms with E-state index in [1.54, 1.807) is 37.2 Å². The molecule has 1 aromatic heterocycles. The van der Waals surface area contributed by atoms with E-state index in [-0.39, 0.29) is 11.3 Å². The van der Waals surface area contributed by atoms with Crippen molar-refractivity contribution in [2.45, 2.75) is 0 Å². The van der Waals surface area contributed by atoms with Gasteiger partial charge in [0.1, 0.15) is 0 Å². The molecule has 0 saturated carbocycles. The van der Waals surface area contributed by atoms with Crippen molar-refractivity contribution in [2.24, 2.45) is 0 Å². The summed E-state index contributed by atoms with van der Waals surface area (Å²) in [5.74, 6) is 1.75. The Hall–Kier alpha value is -2.28. The third-order valence-corrected chi connectivity index (χ3v) is 2.72. The lowest BCUT2D eigenvalue weighted by atomic mass is 10.3. The largest absolute Gasteiger partial charge is 0.493 e. The Balaban J connectivity index is 2.42. The van der Waals surface area contributed by atoms with Crippen LogP contribution in [0.4, 0.5) is 5.95 Å². The second-order valence-electron chi connectivity index (χ2n) is 4.18. The van der Waals surface area contributed by atoms with Crippen LogP contribution in [-0.4, -0.2) is 43.3 Å². The molecule has 0 amide bonds. The fourth-order valence-electron chi connectivity index (χ4n) is 1.58. The van der Waals surface area contributed by atoms with Crippen LogP contribution in [0.15, 0.2) is 18.2 Å². The SMILES string of the molecule is COc1cccc(OC)c1Oc1nc(Cl)nc(N(C)C)n1. The van der Waals surface area contributed by atoms with Crippen molar-refractivity contribution in [1.29, 1.82) is 0 Å². The van der Waals surface area contributed by atoms with Crippen LogP contribution in [0, 0.1) is 0 Å². The van der Waals surface area contributed by atoms with Gasteiger partial charge in [-0.05, 0) is 23.7 Å². The third kappa shape index (κ3) is 3.43. The molecule has 0 unspecified atom stereocenters. The Labute approximate surface area is 127 Å². The van der Waals surface area contributed by atoms with Crippen LogP contribution in [0.5, 0.6) is 23.3 Å². The Kier molecular flexibility index (Phi) is 4.64. The predicted octanol–water partition coefficient (Wildman–Crippen LogP) is 2.40. The molecule has 0 atom stereocenters. The van der Waals surface area contributed by atoms with Gasteiger partial charge in [0.2, 0.25) is 17.0 Å². The first-order chi connectivity index (χ1) is 10.0. The number of anilines is 1. The van der Waals surface area contributed by atoms with E-state index in [2.05, 4.69) is 15.0 Å². The molecule has 8 heteroatoms. The standard InChI is InChI=1S/C13H15ClN4O3/c1-18(2)12-15-11(14)16-13(17-12)21-10-8(19-3)6-5-7-9(10)20-4/h5-7H,1-4H3. The molecule has 112 valence electrons. The molecule has 1 aromatic carbocycles. The highest BCUT2D eigenvalue weighted by Gasteiger charge is 2.16. The van der Waals surface area contributed by atoms with Crippen molar-refractivity contribution < 1.29 is 14.2 Å². The number of benzene rings is 1. The zero-order valence-corrected chi connectivity index (χ0v) is 12.9. The molecule has 0 fully saturated rings. The quantitative estimate of drug-likeness (QED) is 0.839. The van der Waals surface area contributed by atoms with Gasteiger partial charge in [-0.1, -0.05) is 6.07 Å². The summed E-state index contributed by atoms with van der Waals surface area (Å²) in [5, 5.41) is 0.0394. The summed E-state index contributed by atoms with van der Waals surface area (Å²) >= 11 is 5.88. The molecule has 2 aromatic rings. The molecule has 0 radical (unpaired) electrons. The molecular formula is C13H15ClN4O3. The van der Waals surface area contributed by atoms with Gasteiger partial charge in [-0.25, -0.2) is 0 Å². The van der Waals surface area contributed by atoms with E-state index in [1.165, 1.54) is 14.2 Å². The first-order valence-electron chi connectivity index (χ1n) is 6.03. The van der Waals surface area contributed by atoms with Gasteiger partial charge < -0.3 is 19.1 Å². The normalized spacial score (nSPS) is 10.1. The molecule has 0 N–H and O–H groups in total. The summed E-state index contributed by atoms with van der Waals surface area (Å²) < 4.78 is 16.2. The summed E-state index contributed by atoms with van der Waals surface area (Å²) in [6, 6.07) is 5.33. The molecule has 0 aliphatic carbocycles. The maximum absolute atomic E-state index is 5.88. The number of nitrogens with zero attached hydrogens (tertiary/aromatic N) is 4. The number of para-hydroxylation sites is 1. The van der Waals surface area contributed by atoms with Crippen LogP contribution in [0.1, 0.15) is 0 Å². The van der Waals surface area contributed by atoms with Crippen molar-refractivity contribution in [3.63, 3.8) is 0 Å². The molecule has 0 aliphatic rings. The number of rotatable bonds is 5. The fraction of sp³-hybridized carbons (Fsp3) is 0.308. The van der Waals surface area contributed by atoms with Crippen LogP contribution in [-0.2, 0) is 0 Å². The lowest BCUT2D eigenvalue weighted by Crippen LogP contribution is -2.13. The highest BCUT2D eigenvalue weighted by molar-refractivity contribution is 6.28. The van der Waals surface area contributed by atoms with E-state index < -0.39 is 0 Å². The predicted molar refractivity (Wildman–Crippen MR) is 78.8 cm³/mol. The van der Waals surface area contributed by atoms with E-state index in [0.717, 1.165) is 0 Å². The van der Waals surface area contributed by atoms with Gasteiger partial charge in [0.15, 0.2) is 11.5 Å². The highest BCUT2D eigenvalue weighted by atomic mass is 35.5. The minimum Gasteiger partial charge on any atom is -0.493 e. The average molecular weight is 311 g/mol. The summed E-state index contributed by atoms with van der Waals surface area (Å²) in [6.07, 6.45) is 0. The lowest BCUT2D eigenvalue weighted by molar-refractivity contribution is 0.336. The van der Waals surface area contributed by atoms with Crippen molar-refractivity contribution in [1.82, 2.24) is 15.0 Å². The molecule has 7 nitrogen and oxygen atoms in total. The molecule has 0 aliphatic heterocycles. The molecule has 2 rings (SSSR count). The van der Waals surface area contributed by atoms with E-state index in [1.807, 2.05) is 0 Å². The Morgan fingerprint density at radius 3 is 2.14 bits per heavy atom. The number of ether oxygens (including phenoxy) is 3. The maximum atomic E-state index is 5.88. The Bertz CT molecular complexity index is 615. The monoisotopic (exact) mass is 310 g/mol. The molecule has 1 heterocycles. The van der Waals surface area contributed by atoms with Crippen molar-refractivity contribution in [3.05, 3.63) is 23.5 Å². The smallest absolute Gasteiger partial charge is 0.328 e. The van der Waals surface area contributed by atoms with Gasteiger partial charge in [-0.2, -0.15) is 15.0 Å². The lowest BCUT2D eigenvalue weighted by Gasteiger charge is -2.14. The van der Waals surface area contributed by atoms with E-state index >= 15 is 0 Å². The van der Waals surface area contributed by atoms with E-state index in [4.69, 9.17) is 25.8 Å². The minimum atomic E-state index is 0.0394. The van der Waals surface area contributed by atoms with Crippen molar-refractivity contribution in [3.8, 4) is 23.3 Å². The van der Waals surface area contributed by atoms with Gasteiger partial charge in [-0.15, -0.1) is 0 Å². The summed E-state index contributed by atoms with van der Waals surface area (Å²) in [4.78, 5) is 13.8. The van der Waals surface area contributed by atoms with E-state index in [9.17, 15) is 0 Å². The Morgan fingerprint density at radius 1 is 1.00 bits per heavy atom. The molecule has 0 saturated heterocycles. The zero-order valence-electron chi connectivity index (χ0n) is 12.1. The Morgan fingerprint density at radius 2 is 1.62 bits per heavy atom. The molecule has 0 spiro atoms. The third-order valence-electron chi connectivity index (χ3n) is 2.55. The van der Waals surface area contributed by atoms with Gasteiger partial charge in [-0.3, -0.25) is 0 Å². The molecule has 21 heavy (non-hydrogen) atoms. The van der Waals surface area contributed by atoms with Crippen LogP contribution in [0.25, 0.3) is 0 Å². The number of halogens is 1. The fourth-order valence-corrected chi connectivity index (χ4v) is 1.72. The summed E-state index contributed by atoms with van der Waals surface area (Å²) in [7, 11) is 6.65. The second-order valence-corrected chi connectivity index (χ2v) is 4.51. The number of methoxy groups -OCH3 is 2. The summed E-state index contributed by atoms with van der Waals surface area (Å²) in [6.45, 7) is 0. The number of aromatic nitrogens is 3. The number of hydrogen-bond donors (Lipinski definition) is 0. The van der Waals surface area contributed by atoms with Gasteiger partial charge in [0.25, 0.3) is 0 Å². The average Bonchev–Trinajstić information content (AvgIpc) is 2.46. The maximum Gasteiger partial charge on any atom is 0.328 e. The first-order valence-corrected chi connectivity index (χ1v) is 6.40. The van der Waals surface area contributed by atoms with Gasteiger partial charge >= 0.3 is 6.01 Å². The molecule has 0 bridgehead atoms. The second kappa shape index (κ2) is 6.45. The van der Waals surface area contributed by atoms with Crippen molar-refractivity contribution in [2.75, 3.05) is 33.2 Å². The minimum absolute atomic E-state index is 0.0394. The summed E-state index contributed by atoms with van der Waals surface area (Å²) in [5.41, 5.74) is 0. The van der Waals surface area contributed by atoms with Crippen LogP contribution < -0.4 is 19.1 Å². The number of hydrogen-bond acceptors (Lipinski definition) is 7. The van der Waals surface area contributed by atoms with Crippen LogP contribution in [0.2, 0.25) is 5.28 Å². The topological polar surface area (TPSA) is 69.6 Å². The molecular weight excluding hydrogens is 296 g/mol. The van der Waals surface area contributed by atoms with Gasteiger partial charge in [0, 0.05) is 14.1 Å².